The SMILES string of the molecule is CCCCCCOC(=O)c1ccc(/C=C(\C)C=CC2=C(C)CCCC2(C)C)cn1. The number of carbonyl (C=O) groups excluding carboxylic acids is 1. The molecule has 0 atom stereocenters. The molecule has 0 N–H and O–H groups in total. The smallest absolute Gasteiger partial charge is 0.356 e. The van der Waals surface area contributed by atoms with Crippen LogP contribution in [0.4, 0.5) is 0 Å². The molecule has 1 heterocycles. The van der Waals surface area contributed by atoms with E-state index in [1.807, 2.05) is 6.07 Å². The molecule has 0 bridgehead atoms. The van der Waals surface area contributed by atoms with Crippen LogP contribution in [0.3, 0.4) is 0 Å². The number of pyridine rings is 1. The standard InChI is InChI=1S/C26H37NO2/c1-6-7-8-9-17-29-25(28)24-15-13-22(19-27-24)18-20(2)12-14-23-21(3)11-10-16-26(23,4)5/h12-15,18-19H,6-11,16-17H2,1-5H3/b14-12?,20-18+. The largest absolute Gasteiger partial charge is 0.461 e. The van der Waals surface area contributed by atoms with Gasteiger partial charge in [-0.05, 0) is 62.1 Å². The van der Waals surface area contributed by atoms with Crippen molar-refractivity contribution in [2.75, 3.05) is 6.61 Å². The Bertz CT molecular complexity index is 766. The predicted octanol–water partition coefficient (Wildman–Crippen LogP) is 7.30. The number of allylic oxidation sites excluding steroid dienone is 5. The molecular weight excluding hydrogens is 358 g/mol. The number of ether oxygens (including phenoxy) is 1. The van der Waals surface area contributed by atoms with Crippen LogP contribution in [0.5, 0.6) is 0 Å². The lowest BCUT2D eigenvalue weighted by Gasteiger charge is -2.32. The molecule has 0 amide bonds. The highest BCUT2D eigenvalue weighted by Gasteiger charge is 2.26. The summed E-state index contributed by atoms with van der Waals surface area (Å²) < 4.78 is 5.30. The van der Waals surface area contributed by atoms with Crippen LogP contribution in [0.15, 0.2) is 47.2 Å². The summed E-state index contributed by atoms with van der Waals surface area (Å²) in [6, 6.07) is 3.67. The maximum absolute atomic E-state index is 12.1. The quantitative estimate of drug-likeness (QED) is 0.250. The fraction of sp³-hybridized carbons (Fsp3) is 0.538. The van der Waals surface area contributed by atoms with Gasteiger partial charge in [0.25, 0.3) is 0 Å². The second-order valence-electron chi connectivity index (χ2n) is 8.83. The van der Waals surface area contributed by atoms with Crippen LogP contribution in [0.25, 0.3) is 6.08 Å². The molecule has 1 aliphatic rings. The third kappa shape index (κ3) is 7.30. The average molecular weight is 396 g/mol. The van der Waals surface area contributed by atoms with Gasteiger partial charge in [-0.1, -0.05) is 75.5 Å². The minimum Gasteiger partial charge on any atom is -0.461 e. The Kier molecular flexibility index (Phi) is 8.88. The Balaban J connectivity index is 1.95. The topological polar surface area (TPSA) is 39.2 Å². The van der Waals surface area contributed by atoms with E-state index in [0.29, 0.717) is 12.3 Å². The van der Waals surface area contributed by atoms with Gasteiger partial charge in [-0.15, -0.1) is 0 Å². The summed E-state index contributed by atoms with van der Waals surface area (Å²) in [6.07, 6.45) is 16.4. The van der Waals surface area contributed by atoms with E-state index in [2.05, 4.69) is 57.8 Å². The summed E-state index contributed by atoms with van der Waals surface area (Å²) in [5, 5.41) is 0. The van der Waals surface area contributed by atoms with Crippen molar-refractivity contribution >= 4 is 12.0 Å². The first kappa shape index (κ1) is 23.1. The normalized spacial score (nSPS) is 17.1. The molecule has 0 saturated carbocycles. The van der Waals surface area contributed by atoms with E-state index in [9.17, 15) is 4.79 Å². The molecule has 3 heteroatoms. The summed E-state index contributed by atoms with van der Waals surface area (Å²) in [7, 11) is 0. The van der Waals surface area contributed by atoms with Crippen LogP contribution in [-0.2, 0) is 4.74 Å². The summed E-state index contributed by atoms with van der Waals surface area (Å²) in [5.41, 5.74) is 5.74. The first-order chi connectivity index (χ1) is 13.8. The first-order valence-electron chi connectivity index (χ1n) is 11.0. The van der Waals surface area contributed by atoms with Crippen molar-refractivity contribution in [3.63, 3.8) is 0 Å². The maximum Gasteiger partial charge on any atom is 0.356 e. The van der Waals surface area contributed by atoms with Crippen molar-refractivity contribution in [3.8, 4) is 0 Å². The molecule has 0 fully saturated rings. The highest BCUT2D eigenvalue weighted by Crippen LogP contribution is 2.40. The third-order valence-corrected chi connectivity index (χ3v) is 5.68. The highest BCUT2D eigenvalue weighted by atomic mass is 16.5. The number of carbonyl (C=O) groups is 1. The minimum absolute atomic E-state index is 0.249. The number of unbranched alkanes of at least 4 members (excludes halogenated alkanes) is 3. The average Bonchev–Trinajstić information content (AvgIpc) is 2.67. The van der Waals surface area contributed by atoms with E-state index in [0.717, 1.165) is 18.4 Å². The van der Waals surface area contributed by atoms with Gasteiger partial charge in [0.05, 0.1) is 6.61 Å². The molecule has 0 saturated heterocycles. The van der Waals surface area contributed by atoms with Gasteiger partial charge in [-0.3, -0.25) is 0 Å². The number of hydrogen-bond donors (Lipinski definition) is 0. The highest BCUT2D eigenvalue weighted by molar-refractivity contribution is 5.87. The molecule has 0 spiro atoms. The van der Waals surface area contributed by atoms with Crippen molar-refractivity contribution in [2.24, 2.45) is 5.41 Å². The predicted molar refractivity (Wildman–Crippen MR) is 122 cm³/mol. The molecule has 3 nitrogen and oxygen atoms in total. The molecule has 29 heavy (non-hydrogen) atoms. The van der Waals surface area contributed by atoms with E-state index in [1.54, 1.807) is 12.3 Å². The first-order valence-corrected chi connectivity index (χ1v) is 11.0. The van der Waals surface area contributed by atoms with E-state index >= 15 is 0 Å². The van der Waals surface area contributed by atoms with Crippen LogP contribution in [-0.4, -0.2) is 17.6 Å². The Hall–Kier alpha value is -2.16. The lowest BCUT2D eigenvalue weighted by Crippen LogP contribution is -2.19. The van der Waals surface area contributed by atoms with Crippen molar-refractivity contribution in [2.45, 2.75) is 79.6 Å². The van der Waals surface area contributed by atoms with E-state index in [1.165, 1.54) is 48.8 Å². The van der Waals surface area contributed by atoms with Crippen LogP contribution >= 0.6 is 0 Å². The Morgan fingerprint density at radius 2 is 2.03 bits per heavy atom. The molecule has 158 valence electrons. The van der Waals surface area contributed by atoms with Crippen molar-refractivity contribution in [3.05, 3.63) is 58.5 Å². The van der Waals surface area contributed by atoms with Gasteiger partial charge in [-0.2, -0.15) is 0 Å². The lowest BCUT2D eigenvalue weighted by molar-refractivity contribution is 0.0491. The number of hydrogen-bond acceptors (Lipinski definition) is 3. The van der Waals surface area contributed by atoms with Crippen LogP contribution < -0.4 is 0 Å². The van der Waals surface area contributed by atoms with Crippen molar-refractivity contribution in [1.29, 1.82) is 0 Å². The zero-order valence-corrected chi connectivity index (χ0v) is 18.9. The molecular formula is C26H37NO2. The van der Waals surface area contributed by atoms with E-state index in [4.69, 9.17) is 4.74 Å². The van der Waals surface area contributed by atoms with Gasteiger partial charge in [-0.25, -0.2) is 9.78 Å². The number of rotatable bonds is 9. The molecule has 1 aromatic heterocycles. The second kappa shape index (κ2) is 11.1. The van der Waals surface area contributed by atoms with E-state index in [-0.39, 0.29) is 11.4 Å². The van der Waals surface area contributed by atoms with Crippen molar-refractivity contribution < 1.29 is 9.53 Å². The van der Waals surface area contributed by atoms with Crippen LogP contribution in [0.2, 0.25) is 0 Å². The molecule has 1 aliphatic carbocycles. The van der Waals surface area contributed by atoms with Crippen LogP contribution in [0.1, 0.15) is 95.6 Å². The minimum atomic E-state index is -0.337. The lowest BCUT2D eigenvalue weighted by atomic mass is 9.72. The molecule has 1 aromatic rings. The molecule has 0 unspecified atom stereocenters. The summed E-state index contributed by atoms with van der Waals surface area (Å²) in [5.74, 6) is -0.337. The van der Waals surface area contributed by atoms with Gasteiger partial charge < -0.3 is 4.74 Å². The molecule has 0 aromatic carbocycles. The van der Waals surface area contributed by atoms with Crippen LogP contribution in [0, 0.1) is 5.41 Å². The van der Waals surface area contributed by atoms with Gasteiger partial charge in [0.1, 0.15) is 5.69 Å². The monoisotopic (exact) mass is 395 g/mol. The number of nitrogens with zero attached hydrogens (tertiary/aromatic N) is 1. The van der Waals surface area contributed by atoms with Crippen molar-refractivity contribution in [1.82, 2.24) is 4.98 Å². The number of aromatic nitrogens is 1. The second-order valence-corrected chi connectivity index (χ2v) is 8.83. The van der Waals surface area contributed by atoms with Gasteiger partial charge in [0.15, 0.2) is 0 Å². The summed E-state index contributed by atoms with van der Waals surface area (Å²) in [4.78, 5) is 16.3. The summed E-state index contributed by atoms with van der Waals surface area (Å²) in [6.45, 7) is 11.7. The maximum atomic E-state index is 12.1. The molecule has 0 radical (unpaired) electrons. The van der Waals surface area contributed by atoms with Gasteiger partial charge in [0.2, 0.25) is 0 Å². The Labute approximate surface area is 177 Å². The Morgan fingerprint density at radius 1 is 1.24 bits per heavy atom. The summed E-state index contributed by atoms with van der Waals surface area (Å²) >= 11 is 0. The fourth-order valence-corrected chi connectivity index (χ4v) is 3.92. The third-order valence-electron chi connectivity index (χ3n) is 5.68. The Morgan fingerprint density at radius 3 is 2.69 bits per heavy atom. The van der Waals surface area contributed by atoms with Gasteiger partial charge in [0, 0.05) is 6.20 Å². The molecule has 2 rings (SSSR count). The fourth-order valence-electron chi connectivity index (χ4n) is 3.92. The zero-order valence-electron chi connectivity index (χ0n) is 18.9. The number of esters is 1. The molecule has 0 aliphatic heterocycles. The van der Waals surface area contributed by atoms with E-state index < -0.39 is 0 Å². The van der Waals surface area contributed by atoms with Gasteiger partial charge >= 0.3 is 5.97 Å². The zero-order chi connectivity index (χ0) is 21.3.